The number of aromatic nitrogens is 2. The van der Waals surface area contributed by atoms with E-state index >= 15 is 0 Å². The molecule has 230 valence electrons. The summed E-state index contributed by atoms with van der Waals surface area (Å²) in [6.45, 7) is 7.38. The van der Waals surface area contributed by atoms with Gasteiger partial charge in [-0.05, 0) is 52.4 Å². The lowest BCUT2D eigenvalue weighted by Gasteiger charge is -2.46. The maximum atomic E-state index is 12.9. The van der Waals surface area contributed by atoms with E-state index in [9.17, 15) is 24.6 Å². The molecule has 42 heavy (non-hydrogen) atoms. The summed E-state index contributed by atoms with van der Waals surface area (Å²) in [5, 5.41) is 21.2. The summed E-state index contributed by atoms with van der Waals surface area (Å²) in [4.78, 5) is 43.6. The number of benzene rings is 1. The van der Waals surface area contributed by atoms with Crippen LogP contribution in [0, 0.1) is 5.92 Å². The summed E-state index contributed by atoms with van der Waals surface area (Å²) in [5.41, 5.74) is 1.19. The summed E-state index contributed by atoms with van der Waals surface area (Å²) in [5.74, 6) is -0.0764. The van der Waals surface area contributed by atoms with Crippen molar-refractivity contribution >= 4 is 11.6 Å². The lowest BCUT2D eigenvalue weighted by Crippen LogP contribution is -2.62. The highest BCUT2D eigenvalue weighted by Crippen LogP contribution is 2.32. The number of nitrogens with zero attached hydrogens (tertiary/aromatic N) is 3. The Morgan fingerprint density at radius 2 is 1.71 bits per heavy atom. The van der Waals surface area contributed by atoms with Crippen LogP contribution in [0.2, 0.25) is 0 Å². The Morgan fingerprint density at radius 3 is 2.31 bits per heavy atom. The molecule has 11 heteroatoms. The SMILES string of the molecule is CC(C)C(=O)Cc1ccc(C(=O)Cc2ccn(C3CCC(OC4OC(C)C(N(C)C)C(O)C4O)C(C)O3)c(=O)n2)cc1. The fraction of sp³-hybridized carbons (Fsp3) is 0.613. The maximum absolute atomic E-state index is 12.9. The fourth-order valence-corrected chi connectivity index (χ4v) is 5.60. The van der Waals surface area contributed by atoms with Crippen LogP contribution >= 0.6 is 0 Å². The van der Waals surface area contributed by atoms with Crippen molar-refractivity contribution in [3.8, 4) is 0 Å². The number of likely N-dealkylation sites (N-methyl/N-ethyl adjacent to an activating group) is 1. The van der Waals surface area contributed by atoms with E-state index < -0.39 is 42.6 Å². The first-order valence-electron chi connectivity index (χ1n) is 14.6. The molecular weight excluding hydrogens is 542 g/mol. The van der Waals surface area contributed by atoms with E-state index in [0.717, 1.165) is 5.56 Å². The third kappa shape index (κ3) is 7.39. The van der Waals surface area contributed by atoms with Crippen molar-refractivity contribution < 1.29 is 34.0 Å². The maximum Gasteiger partial charge on any atom is 0.349 e. The molecule has 0 radical (unpaired) electrons. The third-order valence-corrected chi connectivity index (χ3v) is 8.14. The first-order chi connectivity index (χ1) is 19.8. The molecule has 2 saturated heterocycles. The molecule has 0 amide bonds. The van der Waals surface area contributed by atoms with Crippen molar-refractivity contribution in [2.45, 2.75) is 102 Å². The Kier molecular flexibility index (Phi) is 10.4. The predicted octanol–water partition coefficient (Wildman–Crippen LogP) is 1.92. The smallest absolute Gasteiger partial charge is 0.349 e. The molecule has 2 fully saturated rings. The van der Waals surface area contributed by atoms with E-state index in [0.29, 0.717) is 30.5 Å². The van der Waals surface area contributed by atoms with Crippen molar-refractivity contribution in [3.05, 3.63) is 63.8 Å². The second-order valence-electron chi connectivity index (χ2n) is 11.9. The Bertz CT molecular complexity index is 1290. The predicted molar refractivity (Wildman–Crippen MR) is 154 cm³/mol. The van der Waals surface area contributed by atoms with E-state index in [1.165, 1.54) is 4.57 Å². The zero-order chi connectivity index (χ0) is 30.7. The van der Waals surface area contributed by atoms with E-state index in [1.807, 2.05) is 46.7 Å². The number of aliphatic hydroxyl groups excluding tert-OH is 2. The molecular formula is C31H43N3O8. The van der Waals surface area contributed by atoms with Gasteiger partial charge in [-0.25, -0.2) is 4.79 Å². The quantitative estimate of drug-likeness (QED) is 0.398. The molecule has 0 spiro atoms. The molecule has 8 unspecified atom stereocenters. The van der Waals surface area contributed by atoms with Crippen LogP contribution in [0.4, 0.5) is 0 Å². The van der Waals surface area contributed by atoms with E-state index in [2.05, 4.69) is 4.98 Å². The molecule has 1 aromatic heterocycles. The molecule has 4 rings (SSSR count). The Hall–Kier alpha value is -2.80. The average Bonchev–Trinajstić information content (AvgIpc) is 2.92. The fourth-order valence-electron chi connectivity index (χ4n) is 5.60. The van der Waals surface area contributed by atoms with Crippen LogP contribution < -0.4 is 5.69 Å². The van der Waals surface area contributed by atoms with Crippen LogP contribution in [0.3, 0.4) is 0 Å². The number of carbonyl (C=O) groups excluding carboxylic acids is 2. The lowest BCUT2D eigenvalue weighted by atomic mass is 9.96. The topological polar surface area (TPSA) is 140 Å². The van der Waals surface area contributed by atoms with Gasteiger partial charge >= 0.3 is 5.69 Å². The van der Waals surface area contributed by atoms with Crippen LogP contribution in [0.15, 0.2) is 41.3 Å². The minimum Gasteiger partial charge on any atom is -0.388 e. The summed E-state index contributed by atoms with van der Waals surface area (Å²) < 4.78 is 19.4. The average molecular weight is 586 g/mol. The normalized spacial score (nSPS) is 30.0. The van der Waals surface area contributed by atoms with E-state index in [4.69, 9.17) is 14.2 Å². The molecule has 8 atom stereocenters. The molecule has 2 aliphatic heterocycles. The Morgan fingerprint density at radius 1 is 1.02 bits per heavy atom. The Labute approximate surface area is 246 Å². The highest BCUT2D eigenvalue weighted by Gasteiger charge is 2.46. The number of hydrogen-bond acceptors (Lipinski definition) is 10. The molecule has 3 heterocycles. The monoisotopic (exact) mass is 585 g/mol. The first-order valence-corrected chi connectivity index (χ1v) is 14.6. The number of ketones is 2. The van der Waals surface area contributed by atoms with Gasteiger partial charge in [-0.1, -0.05) is 38.1 Å². The molecule has 0 saturated carbocycles. The van der Waals surface area contributed by atoms with Gasteiger partial charge in [-0.2, -0.15) is 4.98 Å². The Balaban J connectivity index is 1.33. The van der Waals surface area contributed by atoms with Gasteiger partial charge in [-0.15, -0.1) is 0 Å². The summed E-state index contributed by atoms with van der Waals surface area (Å²) in [6.07, 6.45) is -2.12. The van der Waals surface area contributed by atoms with Crippen molar-refractivity contribution in [1.29, 1.82) is 0 Å². The van der Waals surface area contributed by atoms with Gasteiger partial charge < -0.3 is 29.3 Å². The minimum atomic E-state index is -1.22. The van der Waals surface area contributed by atoms with Gasteiger partial charge in [0.15, 0.2) is 12.1 Å². The van der Waals surface area contributed by atoms with Crippen LogP contribution in [-0.2, 0) is 31.8 Å². The second kappa shape index (κ2) is 13.7. The van der Waals surface area contributed by atoms with Crippen LogP contribution in [0.25, 0.3) is 0 Å². The summed E-state index contributed by atoms with van der Waals surface area (Å²) in [7, 11) is 3.64. The minimum absolute atomic E-state index is 0.0269. The number of rotatable bonds is 10. The number of aliphatic hydroxyl groups is 2. The molecule has 1 aromatic carbocycles. The van der Waals surface area contributed by atoms with Crippen molar-refractivity contribution in [2.24, 2.45) is 5.92 Å². The van der Waals surface area contributed by atoms with Crippen molar-refractivity contribution in [3.63, 3.8) is 0 Å². The highest BCUT2D eigenvalue weighted by atomic mass is 16.7. The number of Topliss-reactive ketones (excluding diaryl/α,β-unsaturated/α-hetero) is 2. The molecule has 2 N–H and O–H groups in total. The second-order valence-corrected chi connectivity index (χ2v) is 11.9. The van der Waals surface area contributed by atoms with E-state index in [-0.39, 0.29) is 36.1 Å². The standard InChI is InChI=1S/C31H43N3O8/c1-17(2)23(35)15-20-7-9-21(10-8-20)24(36)16-22-13-14-34(31(39)32-22)26-12-11-25(18(3)40-26)42-30-29(38)28(37)27(33(5)6)19(4)41-30/h7-10,13-14,17-19,25-30,37-38H,11-12,15-16H2,1-6H3. The third-order valence-electron chi connectivity index (χ3n) is 8.14. The molecule has 0 bridgehead atoms. The van der Waals surface area contributed by atoms with Gasteiger partial charge in [0, 0.05) is 24.1 Å². The molecule has 2 aliphatic rings. The number of carbonyl (C=O) groups is 2. The zero-order valence-electron chi connectivity index (χ0n) is 25.2. The van der Waals surface area contributed by atoms with E-state index in [1.54, 1.807) is 36.5 Å². The van der Waals surface area contributed by atoms with Gasteiger partial charge in [0.2, 0.25) is 0 Å². The van der Waals surface area contributed by atoms with Crippen molar-refractivity contribution in [1.82, 2.24) is 14.5 Å². The van der Waals surface area contributed by atoms with Crippen LogP contribution in [0.5, 0.6) is 0 Å². The first kappa shape index (κ1) is 32.1. The van der Waals surface area contributed by atoms with Crippen LogP contribution in [0.1, 0.15) is 68.4 Å². The highest BCUT2D eigenvalue weighted by molar-refractivity contribution is 5.97. The summed E-state index contributed by atoms with van der Waals surface area (Å²) >= 11 is 0. The largest absolute Gasteiger partial charge is 0.388 e. The number of hydrogen-bond donors (Lipinski definition) is 2. The van der Waals surface area contributed by atoms with Gasteiger partial charge in [0.1, 0.15) is 24.2 Å². The molecule has 0 aliphatic carbocycles. The van der Waals surface area contributed by atoms with Gasteiger partial charge in [0.05, 0.1) is 36.5 Å². The lowest BCUT2D eigenvalue weighted by molar-refractivity contribution is -0.310. The van der Waals surface area contributed by atoms with Gasteiger partial charge in [0.25, 0.3) is 0 Å². The number of ether oxygens (including phenoxy) is 3. The molecule has 2 aromatic rings. The zero-order valence-corrected chi connectivity index (χ0v) is 25.2. The van der Waals surface area contributed by atoms with Crippen LogP contribution in [-0.4, -0.2) is 93.2 Å². The van der Waals surface area contributed by atoms with Gasteiger partial charge in [-0.3, -0.25) is 14.2 Å². The summed E-state index contributed by atoms with van der Waals surface area (Å²) in [6, 6.07) is 8.23. The molecule has 11 nitrogen and oxygen atoms in total. The van der Waals surface area contributed by atoms with Crippen molar-refractivity contribution in [2.75, 3.05) is 14.1 Å².